The Kier molecular flexibility index (Phi) is 2.99. The third-order valence-electron chi connectivity index (χ3n) is 2.75. The summed E-state index contributed by atoms with van der Waals surface area (Å²) in [5.74, 6) is 0.222. The van der Waals surface area contributed by atoms with Gasteiger partial charge >= 0.3 is 0 Å². The van der Waals surface area contributed by atoms with E-state index in [0.717, 1.165) is 0 Å². The molecule has 0 radical (unpaired) electrons. The number of hydrogen-bond acceptors (Lipinski definition) is 1. The molecule has 0 aromatic rings. The van der Waals surface area contributed by atoms with Crippen molar-refractivity contribution in [1.29, 1.82) is 0 Å². The summed E-state index contributed by atoms with van der Waals surface area (Å²) in [6, 6.07) is 0.498. The average Bonchev–Trinajstić information content (AvgIpc) is 2.34. The van der Waals surface area contributed by atoms with Crippen molar-refractivity contribution in [2.24, 2.45) is 0 Å². The summed E-state index contributed by atoms with van der Waals surface area (Å²) >= 11 is 0. The lowest BCUT2D eigenvalue weighted by Crippen LogP contribution is -2.49. The minimum atomic E-state index is -0.0131. The molecule has 1 fully saturated rings. The van der Waals surface area contributed by atoms with E-state index in [4.69, 9.17) is 0 Å². The third kappa shape index (κ3) is 2.45. The molecule has 1 aliphatic carbocycles. The van der Waals surface area contributed by atoms with Crippen LogP contribution in [-0.2, 0) is 4.79 Å². The van der Waals surface area contributed by atoms with Crippen molar-refractivity contribution in [3.05, 3.63) is 0 Å². The predicted molar refractivity (Wildman–Crippen MR) is 54.5 cm³/mol. The molecule has 1 rings (SSSR count). The first-order valence-corrected chi connectivity index (χ1v) is 5.23. The molecule has 0 N–H and O–H groups in total. The Balaban J connectivity index is 2.72. The Morgan fingerprint density at radius 3 is 2.00 bits per heavy atom. The first-order chi connectivity index (χ1) is 5.93. The van der Waals surface area contributed by atoms with Crippen LogP contribution in [0.25, 0.3) is 0 Å². The van der Waals surface area contributed by atoms with E-state index in [-0.39, 0.29) is 11.4 Å². The topological polar surface area (TPSA) is 20.3 Å². The minimum absolute atomic E-state index is 0.0131. The van der Waals surface area contributed by atoms with Gasteiger partial charge in [0, 0.05) is 18.5 Å². The molecule has 0 aliphatic heterocycles. The van der Waals surface area contributed by atoms with Crippen molar-refractivity contribution in [3.63, 3.8) is 0 Å². The van der Waals surface area contributed by atoms with Crippen LogP contribution in [0.4, 0.5) is 0 Å². The molecule has 13 heavy (non-hydrogen) atoms. The first kappa shape index (κ1) is 10.6. The Morgan fingerprint density at radius 1 is 1.23 bits per heavy atom. The monoisotopic (exact) mass is 183 g/mol. The van der Waals surface area contributed by atoms with Crippen LogP contribution in [0.2, 0.25) is 0 Å². The lowest BCUT2D eigenvalue weighted by molar-refractivity contribution is -0.136. The van der Waals surface area contributed by atoms with Gasteiger partial charge in [-0.25, -0.2) is 0 Å². The molecule has 2 nitrogen and oxygen atoms in total. The van der Waals surface area contributed by atoms with Gasteiger partial charge in [-0.3, -0.25) is 4.79 Å². The van der Waals surface area contributed by atoms with E-state index in [1.165, 1.54) is 25.7 Å². The van der Waals surface area contributed by atoms with Gasteiger partial charge in [0.1, 0.15) is 0 Å². The Labute approximate surface area is 81.3 Å². The second kappa shape index (κ2) is 3.69. The van der Waals surface area contributed by atoms with Gasteiger partial charge in [-0.2, -0.15) is 0 Å². The smallest absolute Gasteiger partial charge is 0.220 e. The zero-order valence-corrected chi connectivity index (χ0v) is 9.26. The first-order valence-electron chi connectivity index (χ1n) is 5.23. The van der Waals surface area contributed by atoms with Gasteiger partial charge in [0.15, 0.2) is 0 Å². The van der Waals surface area contributed by atoms with E-state index in [9.17, 15) is 4.79 Å². The van der Waals surface area contributed by atoms with Crippen LogP contribution in [0.1, 0.15) is 53.4 Å². The molecule has 0 atom stereocenters. The standard InChI is InChI=1S/C11H21NO/c1-9(13)12(11(2,3)4)10-7-5-6-8-10/h10H,5-8H2,1-4H3. The maximum absolute atomic E-state index is 11.5. The number of rotatable bonds is 1. The zero-order valence-electron chi connectivity index (χ0n) is 9.26. The van der Waals surface area contributed by atoms with Gasteiger partial charge in [0.2, 0.25) is 5.91 Å². The summed E-state index contributed by atoms with van der Waals surface area (Å²) < 4.78 is 0. The van der Waals surface area contributed by atoms with Crippen LogP contribution in [0.15, 0.2) is 0 Å². The van der Waals surface area contributed by atoms with Gasteiger partial charge in [-0.1, -0.05) is 12.8 Å². The fourth-order valence-electron chi connectivity index (χ4n) is 2.44. The number of carbonyl (C=O) groups is 1. The molecule has 76 valence electrons. The van der Waals surface area contributed by atoms with Crippen LogP contribution in [0, 0.1) is 0 Å². The van der Waals surface area contributed by atoms with E-state index in [1.54, 1.807) is 6.92 Å². The largest absolute Gasteiger partial charge is 0.335 e. The summed E-state index contributed by atoms with van der Waals surface area (Å²) in [4.78, 5) is 13.6. The molecule has 1 amide bonds. The third-order valence-corrected chi connectivity index (χ3v) is 2.75. The van der Waals surface area contributed by atoms with E-state index < -0.39 is 0 Å². The van der Waals surface area contributed by atoms with E-state index in [2.05, 4.69) is 25.7 Å². The molecule has 2 heteroatoms. The van der Waals surface area contributed by atoms with Crippen molar-refractivity contribution < 1.29 is 4.79 Å². The SMILES string of the molecule is CC(=O)N(C1CCCC1)C(C)(C)C. The highest BCUT2D eigenvalue weighted by atomic mass is 16.2. The Bertz CT molecular complexity index is 187. The van der Waals surface area contributed by atoms with Crippen LogP contribution in [0.3, 0.4) is 0 Å². The average molecular weight is 183 g/mol. The van der Waals surface area contributed by atoms with Crippen molar-refractivity contribution >= 4 is 5.91 Å². The molecule has 0 heterocycles. The second-order valence-electron chi connectivity index (χ2n) is 5.00. The quantitative estimate of drug-likeness (QED) is 0.612. The van der Waals surface area contributed by atoms with Gasteiger partial charge in [0.25, 0.3) is 0 Å². The molecular weight excluding hydrogens is 162 g/mol. The molecule has 0 aromatic carbocycles. The van der Waals surface area contributed by atoms with Crippen molar-refractivity contribution in [3.8, 4) is 0 Å². The van der Waals surface area contributed by atoms with Crippen molar-refractivity contribution in [2.45, 2.75) is 65.0 Å². The number of nitrogens with zero attached hydrogens (tertiary/aromatic N) is 1. The molecule has 1 aliphatic rings. The maximum atomic E-state index is 11.5. The lowest BCUT2D eigenvalue weighted by atomic mass is 10.0. The number of carbonyl (C=O) groups excluding carboxylic acids is 1. The van der Waals surface area contributed by atoms with Gasteiger partial charge in [0.05, 0.1) is 0 Å². The molecule has 0 unspecified atom stereocenters. The van der Waals surface area contributed by atoms with Gasteiger partial charge in [-0.15, -0.1) is 0 Å². The molecule has 1 saturated carbocycles. The van der Waals surface area contributed by atoms with Crippen LogP contribution >= 0.6 is 0 Å². The zero-order chi connectivity index (χ0) is 10.1. The summed E-state index contributed by atoms with van der Waals surface area (Å²) in [7, 11) is 0. The number of amides is 1. The normalized spacial score (nSPS) is 19.1. The molecule has 0 aromatic heterocycles. The summed E-state index contributed by atoms with van der Waals surface area (Å²) in [6.07, 6.45) is 4.95. The summed E-state index contributed by atoms with van der Waals surface area (Å²) in [6.45, 7) is 8.04. The fourth-order valence-corrected chi connectivity index (χ4v) is 2.44. The maximum Gasteiger partial charge on any atom is 0.220 e. The lowest BCUT2D eigenvalue weighted by Gasteiger charge is -2.39. The van der Waals surface area contributed by atoms with Crippen LogP contribution in [0.5, 0.6) is 0 Å². The number of hydrogen-bond donors (Lipinski definition) is 0. The molecule has 0 saturated heterocycles. The van der Waals surface area contributed by atoms with E-state index >= 15 is 0 Å². The van der Waals surface area contributed by atoms with Gasteiger partial charge in [-0.05, 0) is 33.6 Å². The van der Waals surface area contributed by atoms with E-state index in [1.807, 2.05) is 0 Å². The summed E-state index contributed by atoms with van der Waals surface area (Å²) in [5, 5.41) is 0. The second-order valence-corrected chi connectivity index (χ2v) is 5.00. The Morgan fingerprint density at radius 2 is 1.69 bits per heavy atom. The highest BCUT2D eigenvalue weighted by Crippen LogP contribution is 2.28. The Hall–Kier alpha value is -0.530. The molecule has 0 spiro atoms. The van der Waals surface area contributed by atoms with Crippen LogP contribution in [-0.4, -0.2) is 22.4 Å². The highest BCUT2D eigenvalue weighted by Gasteiger charge is 2.32. The van der Waals surface area contributed by atoms with Crippen molar-refractivity contribution in [2.75, 3.05) is 0 Å². The predicted octanol–water partition coefficient (Wildman–Crippen LogP) is 2.58. The highest BCUT2D eigenvalue weighted by molar-refractivity contribution is 5.74. The van der Waals surface area contributed by atoms with Crippen molar-refractivity contribution in [1.82, 2.24) is 4.90 Å². The minimum Gasteiger partial charge on any atom is -0.335 e. The van der Waals surface area contributed by atoms with Crippen LogP contribution < -0.4 is 0 Å². The fraction of sp³-hybridized carbons (Fsp3) is 0.909. The summed E-state index contributed by atoms with van der Waals surface area (Å²) in [5.41, 5.74) is -0.0131. The molecular formula is C11H21NO. The van der Waals surface area contributed by atoms with E-state index in [0.29, 0.717) is 6.04 Å². The molecule has 0 bridgehead atoms. The van der Waals surface area contributed by atoms with Gasteiger partial charge < -0.3 is 4.90 Å².